The fourth-order valence-corrected chi connectivity index (χ4v) is 2.20. The lowest BCUT2D eigenvalue weighted by molar-refractivity contribution is -0.142. The number of aliphatic carboxylic acids is 1. The Balaban J connectivity index is 2.64. The van der Waals surface area contributed by atoms with Crippen LogP contribution in [-0.2, 0) is 9.59 Å². The van der Waals surface area contributed by atoms with Crippen LogP contribution in [0.15, 0.2) is 24.3 Å². The molecule has 1 aromatic rings. The number of para-hydroxylation sites is 1. The van der Waals surface area contributed by atoms with E-state index in [1.165, 1.54) is 0 Å². The van der Waals surface area contributed by atoms with Gasteiger partial charge in [0.25, 0.3) is 5.91 Å². The van der Waals surface area contributed by atoms with E-state index in [2.05, 4.69) is 10.6 Å². The van der Waals surface area contributed by atoms with E-state index in [9.17, 15) is 14.4 Å². The van der Waals surface area contributed by atoms with Crippen LogP contribution < -0.4 is 15.4 Å². The molecule has 0 heterocycles. The SMILES string of the molecule is CC(C)C[C@H](NC(=O)CNC(=O)c1ccccc1OC(C)C)C(=O)O. The Kier molecular flexibility index (Phi) is 7.91. The van der Waals surface area contributed by atoms with Crippen LogP contribution in [0.25, 0.3) is 0 Å². The van der Waals surface area contributed by atoms with Crippen LogP contribution >= 0.6 is 0 Å². The van der Waals surface area contributed by atoms with E-state index in [1.54, 1.807) is 24.3 Å². The molecule has 2 amide bonds. The lowest BCUT2D eigenvalue weighted by Gasteiger charge is -2.17. The molecule has 0 spiro atoms. The van der Waals surface area contributed by atoms with E-state index in [1.807, 2.05) is 27.7 Å². The molecule has 0 aromatic heterocycles. The standard InChI is InChI=1S/C18H26N2O5/c1-11(2)9-14(18(23)24)20-16(21)10-19-17(22)13-7-5-6-8-15(13)25-12(3)4/h5-8,11-12,14H,9-10H2,1-4H3,(H,19,22)(H,20,21)(H,23,24)/t14-/m0/s1. The van der Waals surface area contributed by atoms with Crippen molar-refractivity contribution in [2.75, 3.05) is 6.54 Å². The topological polar surface area (TPSA) is 105 Å². The van der Waals surface area contributed by atoms with Crippen molar-refractivity contribution in [3.63, 3.8) is 0 Å². The first-order valence-corrected chi connectivity index (χ1v) is 8.26. The monoisotopic (exact) mass is 350 g/mol. The van der Waals surface area contributed by atoms with E-state index in [4.69, 9.17) is 9.84 Å². The van der Waals surface area contributed by atoms with Crippen molar-refractivity contribution in [3.05, 3.63) is 29.8 Å². The van der Waals surface area contributed by atoms with Crippen molar-refractivity contribution in [2.45, 2.75) is 46.3 Å². The number of carboxylic acids is 1. The molecule has 1 rings (SSSR count). The van der Waals surface area contributed by atoms with E-state index in [-0.39, 0.29) is 18.6 Å². The Bertz CT molecular complexity index is 613. The molecule has 0 aliphatic heterocycles. The van der Waals surface area contributed by atoms with Crippen LogP contribution in [0, 0.1) is 5.92 Å². The minimum absolute atomic E-state index is 0.0930. The number of hydrogen-bond donors (Lipinski definition) is 3. The third-order valence-corrected chi connectivity index (χ3v) is 3.24. The van der Waals surface area contributed by atoms with Crippen LogP contribution in [0.2, 0.25) is 0 Å². The molecule has 7 nitrogen and oxygen atoms in total. The Hall–Kier alpha value is -2.57. The largest absolute Gasteiger partial charge is 0.490 e. The summed E-state index contributed by atoms with van der Waals surface area (Å²) in [5.41, 5.74) is 0.320. The molecule has 3 N–H and O–H groups in total. The second kappa shape index (κ2) is 9.66. The van der Waals surface area contributed by atoms with Gasteiger partial charge in [-0.05, 0) is 38.3 Å². The number of hydrogen-bond acceptors (Lipinski definition) is 4. The summed E-state index contributed by atoms with van der Waals surface area (Å²) in [4.78, 5) is 35.3. The molecule has 1 aromatic carbocycles. The van der Waals surface area contributed by atoms with Gasteiger partial charge in [0.05, 0.1) is 18.2 Å². The van der Waals surface area contributed by atoms with Gasteiger partial charge in [0.15, 0.2) is 0 Å². The van der Waals surface area contributed by atoms with Gasteiger partial charge >= 0.3 is 5.97 Å². The second-order valence-electron chi connectivity index (χ2n) is 6.43. The summed E-state index contributed by atoms with van der Waals surface area (Å²) >= 11 is 0. The summed E-state index contributed by atoms with van der Waals surface area (Å²) in [5.74, 6) is -1.55. The molecule has 0 unspecified atom stereocenters. The average molecular weight is 350 g/mol. The molecule has 0 saturated heterocycles. The highest BCUT2D eigenvalue weighted by molar-refractivity contribution is 5.99. The van der Waals surface area contributed by atoms with Gasteiger partial charge in [-0.3, -0.25) is 9.59 Å². The molecule has 0 bridgehead atoms. The van der Waals surface area contributed by atoms with Crippen LogP contribution in [0.1, 0.15) is 44.5 Å². The molecule has 7 heteroatoms. The Morgan fingerprint density at radius 1 is 1.12 bits per heavy atom. The van der Waals surface area contributed by atoms with Gasteiger partial charge in [-0.15, -0.1) is 0 Å². The zero-order chi connectivity index (χ0) is 19.0. The first kappa shape index (κ1) is 20.5. The number of amides is 2. The van der Waals surface area contributed by atoms with Crippen LogP contribution in [0.3, 0.4) is 0 Å². The van der Waals surface area contributed by atoms with Crippen LogP contribution in [-0.4, -0.2) is 41.6 Å². The smallest absolute Gasteiger partial charge is 0.326 e. The van der Waals surface area contributed by atoms with Gasteiger partial charge in [0, 0.05) is 0 Å². The highest BCUT2D eigenvalue weighted by atomic mass is 16.5. The summed E-state index contributed by atoms with van der Waals surface area (Å²) in [7, 11) is 0. The molecule has 1 atom stereocenters. The van der Waals surface area contributed by atoms with Crippen molar-refractivity contribution in [1.29, 1.82) is 0 Å². The molecule has 0 aliphatic carbocycles. The molecular formula is C18H26N2O5. The predicted molar refractivity (Wildman–Crippen MR) is 93.6 cm³/mol. The fraction of sp³-hybridized carbons (Fsp3) is 0.500. The molecule has 0 aliphatic rings. The number of carboxylic acid groups (broad SMARTS) is 1. The summed E-state index contributed by atoms with van der Waals surface area (Å²) < 4.78 is 5.57. The number of carbonyl (C=O) groups excluding carboxylic acids is 2. The third-order valence-electron chi connectivity index (χ3n) is 3.24. The summed E-state index contributed by atoms with van der Waals surface area (Å²) in [5, 5.41) is 14.0. The first-order valence-electron chi connectivity index (χ1n) is 8.26. The highest BCUT2D eigenvalue weighted by Crippen LogP contribution is 2.19. The number of carbonyl (C=O) groups is 3. The molecule has 25 heavy (non-hydrogen) atoms. The normalized spacial score (nSPS) is 11.9. The third kappa shape index (κ3) is 7.24. The summed E-state index contributed by atoms with van der Waals surface area (Å²) in [6, 6.07) is 5.76. The van der Waals surface area contributed by atoms with Gasteiger partial charge in [-0.1, -0.05) is 26.0 Å². The Morgan fingerprint density at radius 3 is 2.32 bits per heavy atom. The van der Waals surface area contributed by atoms with E-state index in [0.717, 1.165) is 0 Å². The molecule has 0 saturated carbocycles. The quantitative estimate of drug-likeness (QED) is 0.630. The van der Waals surface area contributed by atoms with Gasteiger partial charge in [0.1, 0.15) is 11.8 Å². The molecule has 0 radical (unpaired) electrons. The average Bonchev–Trinajstić information content (AvgIpc) is 2.51. The summed E-state index contributed by atoms with van der Waals surface area (Å²) in [6.07, 6.45) is 0.227. The van der Waals surface area contributed by atoms with Gasteiger partial charge in [0.2, 0.25) is 5.91 Å². The second-order valence-corrected chi connectivity index (χ2v) is 6.43. The lowest BCUT2D eigenvalue weighted by atomic mass is 10.0. The van der Waals surface area contributed by atoms with Crippen molar-refractivity contribution < 1.29 is 24.2 Å². The lowest BCUT2D eigenvalue weighted by Crippen LogP contribution is -2.46. The summed E-state index contributed by atoms with van der Waals surface area (Å²) in [6.45, 7) is 7.13. The highest BCUT2D eigenvalue weighted by Gasteiger charge is 2.21. The van der Waals surface area contributed by atoms with E-state index >= 15 is 0 Å². The van der Waals surface area contributed by atoms with Crippen molar-refractivity contribution in [2.24, 2.45) is 5.92 Å². The molecular weight excluding hydrogens is 324 g/mol. The Morgan fingerprint density at radius 2 is 1.76 bits per heavy atom. The molecule has 0 fully saturated rings. The van der Waals surface area contributed by atoms with E-state index < -0.39 is 23.8 Å². The van der Waals surface area contributed by atoms with Crippen molar-refractivity contribution >= 4 is 17.8 Å². The van der Waals surface area contributed by atoms with Gasteiger partial charge < -0.3 is 20.5 Å². The minimum Gasteiger partial charge on any atom is -0.490 e. The van der Waals surface area contributed by atoms with Crippen molar-refractivity contribution in [1.82, 2.24) is 10.6 Å². The minimum atomic E-state index is -1.09. The first-order chi connectivity index (χ1) is 11.7. The maximum Gasteiger partial charge on any atom is 0.326 e. The zero-order valence-corrected chi connectivity index (χ0v) is 15.0. The predicted octanol–water partition coefficient (Wildman–Crippen LogP) is 1.82. The van der Waals surface area contributed by atoms with Crippen LogP contribution in [0.5, 0.6) is 5.75 Å². The number of nitrogens with one attached hydrogen (secondary N) is 2. The maximum atomic E-state index is 12.3. The number of rotatable bonds is 9. The Labute approximate surface area is 147 Å². The zero-order valence-electron chi connectivity index (χ0n) is 15.0. The number of benzene rings is 1. The van der Waals surface area contributed by atoms with Gasteiger partial charge in [-0.2, -0.15) is 0 Å². The molecule has 138 valence electrons. The van der Waals surface area contributed by atoms with Crippen LogP contribution in [0.4, 0.5) is 0 Å². The maximum absolute atomic E-state index is 12.3. The van der Waals surface area contributed by atoms with Crippen molar-refractivity contribution in [3.8, 4) is 5.75 Å². The van der Waals surface area contributed by atoms with Gasteiger partial charge in [-0.25, -0.2) is 4.79 Å². The van der Waals surface area contributed by atoms with E-state index in [0.29, 0.717) is 17.7 Å². The number of ether oxygens (including phenoxy) is 1. The fourth-order valence-electron chi connectivity index (χ4n) is 2.20.